The molecule has 1 heterocycles. The van der Waals surface area contributed by atoms with Gasteiger partial charge in [0.15, 0.2) is 16.4 Å². The maximum Gasteiger partial charge on any atom is 0.338 e. The number of carbonyl (C=O) groups excluding carboxylic acids is 2. The molecular weight excluding hydrogens is 370 g/mol. The first-order chi connectivity index (χ1) is 12.8. The molecule has 27 heavy (non-hydrogen) atoms. The number of benzene rings is 1. The molecular formula is C18H21N3O5S. The smallest absolute Gasteiger partial charge is 0.338 e. The number of hydrogen-bond donors (Lipinski definition) is 1. The molecule has 144 valence electrons. The van der Waals surface area contributed by atoms with Crippen LogP contribution < -0.4 is 5.32 Å². The van der Waals surface area contributed by atoms with E-state index in [4.69, 9.17) is 4.74 Å². The van der Waals surface area contributed by atoms with Crippen LogP contribution in [0.15, 0.2) is 41.4 Å². The molecule has 1 amide bonds. The Hall–Kier alpha value is -2.68. The van der Waals surface area contributed by atoms with Gasteiger partial charge in [0.2, 0.25) is 0 Å². The van der Waals surface area contributed by atoms with Crippen LogP contribution >= 0.6 is 0 Å². The summed E-state index contributed by atoms with van der Waals surface area (Å²) in [5.74, 6) is -0.578. The predicted octanol–water partition coefficient (Wildman–Crippen LogP) is 2.20. The molecule has 1 aliphatic carbocycles. The molecule has 0 spiro atoms. The molecule has 1 saturated carbocycles. The van der Waals surface area contributed by atoms with Gasteiger partial charge in [0.05, 0.1) is 22.7 Å². The van der Waals surface area contributed by atoms with Crippen molar-refractivity contribution < 1.29 is 22.7 Å². The molecule has 0 saturated heterocycles. The summed E-state index contributed by atoms with van der Waals surface area (Å²) in [5, 5.41) is 6.98. The summed E-state index contributed by atoms with van der Waals surface area (Å²) >= 11 is 0. The lowest BCUT2D eigenvalue weighted by Gasteiger charge is -2.14. The van der Waals surface area contributed by atoms with Gasteiger partial charge in [-0.1, -0.05) is 12.8 Å². The van der Waals surface area contributed by atoms with Crippen LogP contribution in [0.25, 0.3) is 0 Å². The largest absolute Gasteiger partial charge is 0.452 e. The lowest BCUT2D eigenvalue weighted by atomic mass is 10.2. The highest BCUT2D eigenvalue weighted by molar-refractivity contribution is 7.90. The zero-order valence-electron chi connectivity index (χ0n) is 14.9. The summed E-state index contributed by atoms with van der Waals surface area (Å²) in [4.78, 5) is 24.2. The van der Waals surface area contributed by atoms with E-state index in [-0.39, 0.29) is 16.5 Å². The van der Waals surface area contributed by atoms with Gasteiger partial charge in [0.1, 0.15) is 5.82 Å². The minimum absolute atomic E-state index is 0.108. The Morgan fingerprint density at radius 1 is 1.19 bits per heavy atom. The van der Waals surface area contributed by atoms with Crippen LogP contribution in [0.4, 0.5) is 5.82 Å². The van der Waals surface area contributed by atoms with E-state index in [1.165, 1.54) is 24.3 Å². The molecule has 1 aromatic carbocycles. The molecule has 2 aromatic rings. The SMILES string of the molecule is CS(=O)(=O)c1ccc(C(=O)OCC(=O)Nc2ccnn2C2CCCC2)cc1. The Morgan fingerprint density at radius 3 is 2.48 bits per heavy atom. The minimum atomic E-state index is -3.34. The average molecular weight is 391 g/mol. The van der Waals surface area contributed by atoms with E-state index in [2.05, 4.69) is 10.4 Å². The Kier molecular flexibility index (Phi) is 5.59. The number of rotatable bonds is 6. The third-order valence-electron chi connectivity index (χ3n) is 4.46. The van der Waals surface area contributed by atoms with Crippen molar-refractivity contribution in [2.75, 3.05) is 18.2 Å². The zero-order valence-corrected chi connectivity index (χ0v) is 15.7. The highest BCUT2D eigenvalue weighted by Crippen LogP contribution is 2.31. The molecule has 0 atom stereocenters. The molecule has 1 aliphatic rings. The number of aromatic nitrogens is 2. The number of nitrogens with zero attached hydrogens (tertiary/aromatic N) is 2. The lowest BCUT2D eigenvalue weighted by Crippen LogP contribution is -2.23. The molecule has 1 fully saturated rings. The van der Waals surface area contributed by atoms with Gasteiger partial charge < -0.3 is 10.1 Å². The van der Waals surface area contributed by atoms with E-state index in [9.17, 15) is 18.0 Å². The van der Waals surface area contributed by atoms with Crippen LogP contribution in [-0.4, -0.2) is 42.9 Å². The van der Waals surface area contributed by atoms with Crippen molar-refractivity contribution in [3.8, 4) is 0 Å². The Morgan fingerprint density at radius 2 is 1.85 bits per heavy atom. The van der Waals surface area contributed by atoms with E-state index >= 15 is 0 Å². The molecule has 0 bridgehead atoms. The van der Waals surface area contributed by atoms with Crippen molar-refractivity contribution in [1.82, 2.24) is 9.78 Å². The van der Waals surface area contributed by atoms with E-state index in [0.29, 0.717) is 5.82 Å². The van der Waals surface area contributed by atoms with Crippen molar-refractivity contribution in [3.63, 3.8) is 0 Å². The van der Waals surface area contributed by atoms with Gasteiger partial charge in [0, 0.05) is 12.3 Å². The molecule has 0 radical (unpaired) electrons. The predicted molar refractivity (Wildman–Crippen MR) is 98.2 cm³/mol. The highest BCUT2D eigenvalue weighted by atomic mass is 32.2. The van der Waals surface area contributed by atoms with Crippen LogP contribution in [0.2, 0.25) is 0 Å². The van der Waals surface area contributed by atoms with Gasteiger partial charge in [-0.2, -0.15) is 5.10 Å². The topological polar surface area (TPSA) is 107 Å². The van der Waals surface area contributed by atoms with Crippen molar-refractivity contribution in [2.45, 2.75) is 36.6 Å². The third-order valence-corrected chi connectivity index (χ3v) is 5.59. The van der Waals surface area contributed by atoms with Gasteiger partial charge in [-0.15, -0.1) is 0 Å². The number of carbonyl (C=O) groups is 2. The monoisotopic (exact) mass is 391 g/mol. The normalized spacial score (nSPS) is 14.9. The molecule has 8 nitrogen and oxygen atoms in total. The Balaban J connectivity index is 1.55. The van der Waals surface area contributed by atoms with Crippen molar-refractivity contribution in [3.05, 3.63) is 42.1 Å². The first-order valence-corrected chi connectivity index (χ1v) is 10.5. The molecule has 1 aromatic heterocycles. The molecule has 0 aliphatic heterocycles. The fraction of sp³-hybridized carbons (Fsp3) is 0.389. The van der Waals surface area contributed by atoms with E-state index < -0.39 is 28.3 Å². The first kappa shape index (κ1) is 19.1. The maximum absolute atomic E-state index is 12.1. The highest BCUT2D eigenvalue weighted by Gasteiger charge is 2.21. The van der Waals surface area contributed by atoms with Gasteiger partial charge in [-0.05, 0) is 37.1 Å². The van der Waals surface area contributed by atoms with Crippen LogP contribution in [0.1, 0.15) is 42.1 Å². The Labute approximate surface area is 157 Å². The van der Waals surface area contributed by atoms with Crippen molar-refractivity contribution >= 4 is 27.5 Å². The van der Waals surface area contributed by atoms with E-state index in [1.54, 1.807) is 16.9 Å². The van der Waals surface area contributed by atoms with Gasteiger partial charge in [0.25, 0.3) is 5.91 Å². The standard InChI is InChI=1S/C18H21N3O5S/c1-27(24,25)15-8-6-13(7-9-15)18(23)26-12-17(22)20-16-10-11-19-21(16)14-4-2-3-5-14/h6-11,14H,2-5,12H2,1H3,(H,20,22). The number of sulfone groups is 1. The quantitative estimate of drug-likeness (QED) is 0.757. The number of amides is 1. The summed E-state index contributed by atoms with van der Waals surface area (Å²) in [6.07, 6.45) is 7.07. The number of nitrogens with one attached hydrogen (secondary N) is 1. The van der Waals surface area contributed by atoms with Crippen molar-refractivity contribution in [1.29, 1.82) is 0 Å². The zero-order chi connectivity index (χ0) is 19.4. The minimum Gasteiger partial charge on any atom is -0.452 e. The molecule has 1 N–H and O–H groups in total. The van der Waals surface area contributed by atoms with Crippen LogP contribution in [0, 0.1) is 0 Å². The third kappa shape index (κ3) is 4.73. The fourth-order valence-electron chi connectivity index (χ4n) is 3.08. The second kappa shape index (κ2) is 7.91. The number of esters is 1. The number of hydrogen-bond acceptors (Lipinski definition) is 6. The molecule has 9 heteroatoms. The first-order valence-electron chi connectivity index (χ1n) is 8.65. The lowest BCUT2D eigenvalue weighted by molar-refractivity contribution is -0.119. The summed E-state index contributed by atoms with van der Waals surface area (Å²) < 4.78 is 29.7. The van der Waals surface area contributed by atoms with Crippen LogP contribution in [0.3, 0.4) is 0 Å². The van der Waals surface area contributed by atoms with Crippen LogP contribution in [0.5, 0.6) is 0 Å². The average Bonchev–Trinajstić information content (AvgIpc) is 3.30. The van der Waals surface area contributed by atoms with Gasteiger partial charge in [-0.25, -0.2) is 17.9 Å². The van der Waals surface area contributed by atoms with Crippen molar-refractivity contribution in [2.24, 2.45) is 0 Å². The van der Waals surface area contributed by atoms with Gasteiger partial charge in [-0.3, -0.25) is 4.79 Å². The number of anilines is 1. The van der Waals surface area contributed by atoms with E-state index in [1.807, 2.05) is 0 Å². The number of ether oxygens (including phenoxy) is 1. The fourth-order valence-corrected chi connectivity index (χ4v) is 3.72. The second-order valence-corrected chi connectivity index (χ2v) is 8.54. The second-order valence-electron chi connectivity index (χ2n) is 6.52. The van der Waals surface area contributed by atoms with E-state index in [0.717, 1.165) is 31.9 Å². The summed E-state index contributed by atoms with van der Waals surface area (Å²) in [7, 11) is -3.34. The summed E-state index contributed by atoms with van der Waals surface area (Å²) in [5.41, 5.74) is 0.172. The molecule has 0 unspecified atom stereocenters. The summed E-state index contributed by atoms with van der Waals surface area (Å²) in [6, 6.07) is 7.35. The molecule has 3 rings (SSSR count). The summed E-state index contributed by atoms with van der Waals surface area (Å²) in [6.45, 7) is -0.442. The van der Waals surface area contributed by atoms with Gasteiger partial charge >= 0.3 is 5.97 Å². The Bertz CT molecular complexity index is 928. The maximum atomic E-state index is 12.1. The van der Waals surface area contributed by atoms with Crippen LogP contribution in [-0.2, 0) is 19.4 Å².